The van der Waals surface area contributed by atoms with E-state index >= 15 is 0 Å². The first kappa shape index (κ1) is 17.5. The van der Waals surface area contributed by atoms with Gasteiger partial charge in [-0.3, -0.25) is 4.79 Å². The molecule has 0 saturated heterocycles. The Balaban J connectivity index is 2.19. The molecule has 2 amide bonds. The molecule has 0 atom stereocenters. The molecule has 0 aliphatic carbocycles. The molecule has 1 aromatic carbocycles. The average Bonchev–Trinajstić information content (AvgIpc) is 2.35. The van der Waals surface area contributed by atoms with Gasteiger partial charge in [-0.1, -0.05) is 15.9 Å². The fourth-order valence-electron chi connectivity index (χ4n) is 1.51. The fraction of sp³-hybridized carbons (Fsp3) is 0.467. The maximum absolute atomic E-state index is 11.7. The van der Waals surface area contributed by atoms with Crippen molar-refractivity contribution in [2.45, 2.75) is 39.2 Å². The monoisotopic (exact) mass is 356 g/mol. The second-order valence-corrected chi connectivity index (χ2v) is 6.50. The van der Waals surface area contributed by atoms with E-state index in [9.17, 15) is 9.59 Å². The number of benzene rings is 1. The lowest BCUT2D eigenvalue weighted by Gasteiger charge is -2.19. The number of anilines is 1. The summed E-state index contributed by atoms with van der Waals surface area (Å²) in [6.45, 7) is 5.82. The second kappa shape index (κ2) is 8.02. The van der Waals surface area contributed by atoms with Crippen LogP contribution in [0.25, 0.3) is 0 Å². The molecule has 0 spiro atoms. The maximum atomic E-state index is 11.7. The van der Waals surface area contributed by atoms with Crippen molar-refractivity contribution in [1.82, 2.24) is 5.32 Å². The molecule has 0 saturated carbocycles. The summed E-state index contributed by atoms with van der Waals surface area (Å²) in [5.74, 6) is -0.0803. The molecule has 21 heavy (non-hydrogen) atoms. The highest BCUT2D eigenvalue weighted by atomic mass is 79.9. The van der Waals surface area contributed by atoms with Gasteiger partial charge in [-0.25, -0.2) is 4.79 Å². The predicted molar refractivity (Wildman–Crippen MR) is 86.2 cm³/mol. The topological polar surface area (TPSA) is 67.4 Å². The van der Waals surface area contributed by atoms with Crippen LogP contribution in [0.1, 0.15) is 33.6 Å². The van der Waals surface area contributed by atoms with Gasteiger partial charge >= 0.3 is 6.09 Å². The highest BCUT2D eigenvalue weighted by molar-refractivity contribution is 9.10. The SMILES string of the molecule is CC(C)(C)OC(=O)NCCCC(=O)Nc1ccc(Br)cc1. The fourth-order valence-corrected chi connectivity index (χ4v) is 1.77. The first-order valence-corrected chi connectivity index (χ1v) is 7.58. The molecular formula is C15H21BrN2O3. The minimum atomic E-state index is -0.511. The molecular weight excluding hydrogens is 336 g/mol. The first-order chi connectivity index (χ1) is 9.76. The third-order valence-corrected chi connectivity index (χ3v) is 2.91. The average molecular weight is 357 g/mol. The van der Waals surface area contributed by atoms with Crippen LogP contribution in [0.3, 0.4) is 0 Å². The Labute approximate surface area is 133 Å². The van der Waals surface area contributed by atoms with Crippen LogP contribution in [0.5, 0.6) is 0 Å². The van der Waals surface area contributed by atoms with Crippen molar-refractivity contribution < 1.29 is 14.3 Å². The lowest BCUT2D eigenvalue weighted by Crippen LogP contribution is -2.33. The van der Waals surface area contributed by atoms with Crippen LogP contribution < -0.4 is 10.6 Å². The summed E-state index contributed by atoms with van der Waals surface area (Å²) in [7, 11) is 0. The van der Waals surface area contributed by atoms with Gasteiger partial charge in [-0.2, -0.15) is 0 Å². The molecule has 0 bridgehead atoms. The van der Waals surface area contributed by atoms with Crippen LogP contribution in [0.2, 0.25) is 0 Å². The third-order valence-electron chi connectivity index (χ3n) is 2.38. The van der Waals surface area contributed by atoms with Gasteiger partial charge in [0.05, 0.1) is 0 Å². The van der Waals surface area contributed by atoms with Crippen LogP contribution in [0.15, 0.2) is 28.7 Å². The molecule has 6 heteroatoms. The highest BCUT2D eigenvalue weighted by Gasteiger charge is 2.15. The van der Waals surface area contributed by atoms with Gasteiger partial charge < -0.3 is 15.4 Å². The number of carbonyl (C=O) groups is 2. The normalized spacial score (nSPS) is 10.9. The number of carbonyl (C=O) groups excluding carboxylic acids is 2. The van der Waals surface area contributed by atoms with Crippen LogP contribution in [0, 0.1) is 0 Å². The molecule has 0 aliphatic heterocycles. The van der Waals surface area contributed by atoms with E-state index < -0.39 is 11.7 Å². The van der Waals surface area contributed by atoms with Gasteiger partial charge in [0, 0.05) is 23.1 Å². The van der Waals surface area contributed by atoms with Crippen LogP contribution in [0.4, 0.5) is 10.5 Å². The molecule has 0 unspecified atom stereocenters. The molecule has 0 fully saturated rings. The van der Waals surface area contributed by atoms with E-state index in [-0.39, 0.29) is 5.91 Å². The Morgan fingerprint density at radius 2 is 1.81 bits per heavy atom. The third kappa shape index (κ3) is 8.34. The van der Waals surface area contributed by atoms with Crippen LogP contribution in [-0.4, -0.2) is 24.1 Å². The Hall–Kier alpha value is -1.56. The smallest absolute Gasteiger partial charge is 0.407 e. The molecule has 5 nitrogen and oxygen atoms in total. The summed E-state index contributed by atoms with van der Waals surface area (Å²) >= 11 is 3.33. The minimum Gasteiger partial charge on any atom is -0.444 e. The Morgan fingerprint density at radius 1 is 1.19 bits per heavy atom. The van der Waals surface area contributed by atoms with Crippen molar-refractivity contribution in [1.29, 1.82) is 0 Å². The van der Waals surface area contributed by atoms with E-state index in [1.807, 2.05) is 24.3 Å². The lowest BCUT2D eigenvalue weighted by molar-refractivity contribution is -0.116. The van der Waals surface area contributed by atoms with Crippen molar-refractivity contribution in [2.75, 3.05) is 11.9 Å². The van der Waals surface area contributed by atoms with Gasteiger partial charge in [-0.05, 0) is 51.5 Å². The molecule has 0 heterocycles. The van der Waals surface area contributed by atoms with E-state index in [0.29, 0.717) is 19.4 Å². The molecule has 116 valence electrons. The van der Waals surface area contributed by atoms with E-state index in [0.717, 1.165) is 10.2 Å². The summed E-state index contributed by atoms with van der Waals surface area (Å²) < 4.78 is 6.06. The second-order valence-electron chi connectivity index (χ2n) is 5.59. The molecule has 0 radical (unpaired) electrons. The number of hydrogen-bond acceptors (Lipinski definition) is 3. The maximum Gasteiger partial charge on any atom is 0.407 e. The minimum absolute atomic E-state index is 0.0803. The zero-order chi connectivity index (χ0) is 15.9. The van der Waals surface area contributed by atoms with Crippen molar-refractivity contribution in [3.8, 4) is 0 Å². The van der Waals surface area contributed by atoms with Crippen molar-refractivity contribution in [3.63, 3.8) is 0 Å². The molecule has 0 aromatic heterocycles. The zero-order valence-corrected chi connectivity index (χ0v) is 14.1. The Morgan fingerprint density at radius 3 is 2.38 bits per heavy atom. The van der Waals surface area contributed by atoms with Crippen LogP contribution >= 0.6 is 15.9 Å². The van der Waals surface area contributed by atoms with Gasteiger partial charge in [0.15, 0.2) is 0 Å². The first-order valence-electron chi connectivity index (χ1n) is 6.78. The number of halogens is 1. The van der Waals surface area contributed by atoms with Crippen molar-refractivity contribution in [2.24, 2.45) is 0 Å². The van der Waals surface area contributed by atoms with Gasteiger partial charge in [0.1, 0.15) is 5.60 Å². The molecule has 1 aromatic rings. The van der Waals surface area contributed by atoms with Gasteiger partial charge in [0.25, 0.3) is 0 Å². The quantitative estimate of drug-likeness (QED) is 0.790. The molecule has 2 N–H and O–H groups in total. The van der Waals surface area contributed by atoms with Crippen molar-refractivity contribution in [3.05, 3.63) is 28.7 Å². The van der Waals surface area contributed by atoms with Gasteiger partial charge in [-0.15, -0.1) is 0 Å². The number of rotatable bonds is 5. The molecule has 0 aliphatic rings. The Kier molecular flexibility index (Phi) is 6.68. The van der Waals surface area contributed by atoms with Gasteiger partial charge in [0.2, 0.25) is 5.91 Å². The van der Waals surface area contributed by atoms with E-state index in [1.165, 1.54) is 0 Å². The number of amides is 2. The lowest BCUT2D eigenvalue weighted by atomic mass is 10.2. The number of hydrogen-bond donors (Lipinski definition) is 2. The summed E-state index contributed by atoms with van der Waals surface area (Å²) in [5.41, 5.74) is 0.242. The summed E-state index contributed by atoms with van der Waals surface area (Å²) in [6, 6.07) is 7.36. The highest BCUT2D eigenvalue weighted by Crippen LogP contribution is 2.14. The van der Waals surface area contributed by atoms with E-state index in [1.54, 1.807) is 20.8 Å². The molecule has 1 rings (SSSR count). The van der Waals surface area contributed by atoms with Crippen LogP contribution in [-0.2, 0) is 9.53 Å². The largest absolute Gasteiger partial charge is 0.444 e. The van der Waals surface area contributed by atoms with E-state index in [4.69, 9.17) is 4.74 Å². The predicted octanol–water partition coefficient (Wildman–Crippen LogP) is 3.69. The summed E-state index contributed by atoms with van der Waals surface area (Å²) in [5, 5.41) is 5.41. The van der Waals surface area contributed by atoms with Crippen molar-refractivity contribution >= 4 is 33.6 Å². The number of alkyl carbamates (subject to hydrolysis) is 1. The summed E-state index contributed by atoms with van der Waals surface area (Å²) in [6.07, 6.45) is 0.434. The standard InChI is InChI=1S/C15H21BrN2O3/c1-15(2,3)21-14(20)17-10-4-5-13(19)18-12-8-6-11(16)7-9-12/h6-9H,4-5,10H2,1-3H3,(H,17,20)(H,18,19). The number of nitrogens with one attached hydrogen (secondary N) is 2. The number of ether oxygens (including phenoxy) is 1. The van der Waals surface area contributed by atoms with E-state index in [2.05, 4.69) is 26.6 Å². The zero-order valence-electron chi connectivity index (χ0n) is 12.5. The summed E-state index contributed by atoms with van der Waals surface area (Å²) in [4.78, 5) is 23.1. The Bertz CT molecular complexity index is 481.